The van der Waals surface area contributed by atoms with Crippen molar-refractivity contribution in [1.29, 1.82) is 0 Å². The molecule has 3 heterocycles. The largest absolute Gasteiger partial charge is 0.328 e. The summed E-state index contributed by atoms with van der Waals surface area (Å²) in [5.41, 5.74) is 1.88. The van der Waals surface area contributed by atoms with Gasteiger partial charge in [-0.2, -0.15) is 5.10 Å². The number of fused-ring (bicyclic) bond motifs is 1. The second-order valence-electron chi connectivity index (χ2n) is 6.33. The van der Waals surface area contributed by atoms with E-state index in [9.17, 15) is 4.79 Å². The van der Waals surface area contributed by atoms with E-state index in [2.05, 4.69) is 30.4 Å². The van der Waals surface area contributed by atoms with Gasteiger partial charge in [-0.3, -0.25) is 9.48 Å². The minimum absolute atomic E-state index is 0.0813. The molecule has 1 aromatic heterocycles. The van der Waals surface area contributed by atoms with Crippen molar-refractivity contribution in [3.05, 3.63) is 54.9 Å². The van der Waals surface area contributed by atoms with Crippen molar-refractivity contribution < 1.29 is 4.79 Å². The van der Waals surface area contributed by atoms with Crippen LogP contribution in [0.1, 0.15) is 48.2 Å². The summed E-state index contributed by atoms with van der Waals surface area (Å²) in [7, 11) is 0. The summed E-state index contributed by atoms with van der Waals surface area (Å²) in [6.45, 7) is 8.62. The van der Waals surface area contributed by atoms with E-state index in [1.807, 2.05) is 21.7 Å². The fraction of sp³-hybridized carbons (Fsp3) is 0.474. The molecule has 0 radical (unpaired) electrons. The molecule has 2 aliphatic rings. The Morgan fingerprint density at radius 3 is 2.91 bits per heavy atom. The topological polar surface area (TPSA) is 38.1 Å². The Labute approximate surface area is 138 Å². The van der Waals surface area contributed by atoms with E-state index >= 15 is 0 Å². The smallest absolute Gasteiger partial charge is 0.258 e. The second-order valence-corrected chi connectivity index (χ2v) is 6.33. The lowest BCUT2D eigenvalue weighted by Crippen LogP contribution is -2.48. The summed E-state index contributed by atoms with van der Waals surface area (Å²) in [6.07, 6.45) is 15.6. The van der Waals surface area contributed by atoms with Gasteiger partial charge < -0.3 is 4.90 Å². The van der Waals surface area contributed by atoms with E-state index in [1.165, 1.54) is 0 Å². The van der Waals surface area contributed by atoms with Gasteiger partial charge in [0, 0.05) is 12.6 Å². The van der Waals surface area contributed by atoms with Crippen LogP contribution in [0.2, 0.25) is 0 Å². The predicted octanol–water partition coefficient (Wildman–Crippen LogP) is 3.51. The molecule has 0 saturated heterocycles. The Balaban J connectivity index is 1.93. The summed E-state index contributed by atoms with van der Waals surface area (Å²) in [6, 6.07) is 0.256. The van der Waals surface area contributed by atoms with Gasteiger partial charge in [-0.1, -0.05) is 24.3 Å². The van der Waals surface area contributed by atoms with Crippen LogP contribution in [-0.2, 0) is 13.0 Å². The molecule has 0 fully saturated rings. The highest BCUT2D eigenvalue weighted by Crippen LogP contribution is 2.27. The summed E-state index contributed by atoms with van der Waals surface area (Å²) in [5, 5.41) is 4.43. The normalized spacial score (nSPS) is 23.4. The van der Waals surface area contributed by atoms with Crippen molar-refractivity contribution in [3.63, 3.8) is 0 Å². The van der Waals surface area contributed by atoms with Crippen LogP contribution in [0, 0.1) is 0 Å². The maximum Gasteiger partial charge on any atom is 0.258 e. The Kier molecular flexibility index (Phi) is 4.79. The molecule has 0 aliphatic carbocycles. The van der Waals surface area contributed by atoms with E-state index in [0.717, 1.165) is 56.3 Å². The van der Waals surface area contributed by atoms with E-state index in [1.54, 1.807) is 6.20 Å². The molecule has 4 heteroatoms. The summed E-state index contributed by atoms with van der Waals surface area (Å²) >= 11 is 0. The lowest BCUT2D eigenvalue weighted by atomic mass is 9.96. The number of amides is 1. The molecule has 0 bridgehead atoms. The number of carbonyl (C=O) groups is 1. The first-order chi connectivity index (χ1) is 11.3. The van der Waals surface area contributed by atoms with Crippen LogP contribution >= 0.6 is 0 Å². The first kappa shape index (κ1) is 15.8. The van der Waals surface area contributed by atoms with Crippen molar-refractivity contribution in [2.75, 3.05) is 0 Å². The monoisotopic (exact) mass is 311 g/mol. The van der Waals surface area contributed by atoms with E-state index in [0.29, 0.717) is 0 Å². The van der Waals surface area contributed by atoms with Gasteiger partial charge >= 0.3 is 0 Å². The maximum atomic E-state index is 13.3. The minimum atomic E-state index is 0.0813. The minimum Gasteiger partial charge on any atom is -0.328 e. The zero-order valence-electron chi connectivity index (χ0n) is 13.7. The third-order valence-corrected chi connectivity index (χ3v) is 4.81. The highest BCUT2D eigenvalue weighted by molar-refractivity contribution is 5.96. The molecule has 2 aliphatic heterocycles. The molecule has 0 N–H and O–H groups in total. The van der Waals surface area contributed by atoms with Gasteiger partial charge in [0.2, 0.25) is 0 Å². The van der Waals surface area contributed by atoms with E-state index < -0.39 is 0 Å². The average molecular weight is 311 g/mol. The average Bonchev–Trinajstić information content (AvgIpc) is 2.99. The van der Waals surface area contributed by atoms with Crippen LogP contribution in [0.3, 0.4) is 0 Å². The van der Waals surface area contributed by atoms with Gasteiger partial charge in [0.25, 0.3) is 5.91 Å². The number of nitrogens with zero attached hydrogens (tertiary/aromatic N) is 3. The van der Waals surface area contributed by atoms with Crippen molar-refractivity contribution in [3.8, 4) is 0 Å². The van der Waals surface area contributed by atoms with Crippen molar-refractivity contribution in [1.82, 2.24) is 14.7 Å². The Morgan fingerprint density at radius 2 is 2.13 bits per heavy atom. The number of hydrogen-bond acceptors (Lipinski definition) is 2. The fourth-order valence-corrected chi connectivity index (χ4v) is 3.69. The first-order valence-electron chi connectivity index (χ1n) is 8.52. The third-order valence-electron chi connectivity index (χ3n) is 4.81. The molecule has 122 valence electrons. The molecule has 23 heavy (non-hydrogen) atoms. The molecule has 4 nitrogen and oxygen atoms in total. The summed E-state index contributed by atoms with van der Waals surface area (Å²) < 4.78 is 2.00. The van der Waals surface area contributed by atoms with Crippen LogP contribution in [0.15, 0.2) is 43.7 Å². The zero-order chi connectivity index (χ0) is 16.2. The van der Waals surface area contributed by atoms with Crippen molar-refractivity contribution in [2.45, 2.75) is 57.2 Å². The molecule has 0 spiro atoms. The number of carbonyl (C=O) groups excluding carboxylic acids is 1. The van der Waals surface area contributed by atoms with Gasteiger partial charge in [-0.25, -0.2) is 0 Å². The summed E-state index contributed by atoms with van der Waals surface area (Å²) in [5.74, 6) is 0.108. The molecule has 0 unspecified atom stereocenters. The summed E-state index contributed by atoms with van der Waals surface area (Å²) in [4.78, 5) is 15.3. The van der Waals surface area contributed by atoms with Crippen LogP contribution in [-0.4, -0.2) is 32.7 Å². The SMILES string of the molecule is C=CC[C@@H]1CC=C[C@@H](CC=C)N1C(=O)c1cnn2c1CCCC2. The molecule has 1 aromatic rings. The molecule has 0 saturated carbocycles. The molecule has 3 rings (SSSR count). The van der Waals surface area contributed by atoms with Crippen LogP contribution < -0.4 is 0 Å². The van der Waals surface area contributed by atoms with E-state index in [4.69, 9.17) is 0 Å². The molecule has 1 amide bonds. The van der Waals surface area contributed by atoms with Gasteiger partial charge in [0.15, 0.2) is 0 Å². The third kappa shape index (κ3) is 3.03. The van der Waals surface area contributed by atoms with Crippen molar-refractivity contribution in [2.24, 2.45) is 0 Å². The van der Waals surface area contributed by atoms with Gasteiger partial charge in [0.1, 0.15) is 0 Å². The molecule has 0 aromatic carbocycles. The zero-order valence-corrected chi connectivity index (χ0v) is 13.7. The lowest BCUT2D eigenvalue weighted by Gasteiger charge is -2.39. The van der Waals surface area contributed by atoms with Crippen LogP contribution in [0.5, 0.6) is 0 Å². The Hall–Kier alpha value is -2.10. The number of hydrogen-bond donors (Lipinski definition) is 0. The quantitative estimate of drug-likeness (QED) is 0.781. The fourth-order valence-electron chi connectivity index (χ4n) is 3.69. The van der Waals surface area contributed by atoms with E-state index in [-0.39, 0.29) is 18.0 Å². The van der Waals surface area contributed by atoms with Gasteiger partial charge in [-0.15, -0.1) is 13.2 Å². The molecular weight excluding hydrogens is 286 g/mol. The highest BCUT2D eigenvalue weighted by atomic mass is 16.2. The maximum absolute atomic E-state index is 13.3. The van der Waals surface area contributed by atoms with Gasteiger partial charge in [-0.05, 0) is 38.5 Å². The van der Waals surface area contributed by atoms with Gasteiger partial charge in [0.05, 0.1) is 23.5 Å². The lowest BCUT2D eigenvalue weighted by molar-refractivity contribution is 0.0606. The molecule has 2 atom stereocenters. The Morgan fingerprint density at radius 1 is 1.30 bits per heavy atom. The Bertz CT molecular complexity index is 629. The predicted molar refractivity (Wildman–Crippen MR) is 92.3 cm³/mol. The van der Waals surface area contributed by atoms with Crippen LogP contribution in [0.25, 0.3) is 0 Å². The standard InChI is InChI=1S/C19H25N3O/c1-3-8-15-10-7-11-16(9-4-2)22(15)19(23)17-14-20-21-13-6-5-12-18(17)21/h3-4,7,10,14-16H,1-2,5-6,8-9,11-13H2/t15-,16-/m1/s1. The number of aromatic nitrogens is 2. The second kappa shape index (κ2) is 6.99. The van der Waals surface area contributed by atoms with Crippen LogP contribution in [0.4, 0.5) is 0 Å². The highest BCUT2D eigenvalue weighted by Gasteiger charge is 2.33. The number of aryl methyl sites for hydroxylation is 1. The molecular formula is C19H25N3O. The number of rotatable bonds is 5. The first-order valence-corrected chi connectivity index (χ1v) is 8.52. The van der Waals surface area contributed by atoms with Crippen molar-refractivity contribution >= 4 is 5.91 Å².